The van der Waals surface area contributed by atoms with E-state index < -0.39 is 17.5 Å². The summed E-state index contributed by atoms with van der Waals surface area (Å²) in [6, 6.07) is 16.2. The normalized spacial score (nSPS) is 24.6. The third-order valence-electron chi connectivity index (χ3n) is 8.03. The maximum atomic E-state index is 12.9. The molecular weight excluding hydrogens is 444 g/mol. The van der Waals surface area contributed by atoms with Crippen molar-refractivity contribution in [3.63, 3.8) is 0 Å². The van der Waals surface area contributed by atoms with Crippen molar-refractivity contribution in [3.05, 3.63) is 59.7 Å². The lowest BCUT2D eigenvalue weighted by Crippen LogP contribution is -2.43. The molecule has 35 heavy (non-hydrogen) atoms. The highest BCUT2D eigenvalue weighted by Gasteiger charge is 2.65. The minimum atomic E-state index is -0.749. The number of aliphatic carboxylic acids is 1. The lowest BCUT2D eigenvalue weighted by Gasteiger charge is -2.21. The summed E-state index contributed by atoms with van der Waals surface area (Å²) in [7, 11) is 0. The molecule has 3 N–H and O–H groups in total. The molecule has 7 nitrogen and oxygen atoms in total. The lowest BCUT2D eigenvalue weighted by atomic mass is 9.98. The monoisotopic (exact) mass is 476 g/mol. The van der Waals surface area contributed by atoms with Gasteiger partial charge in [0, 0.05) is 18.5 Å². The number of carbonyl (C=O) groups is 3. The zero-order valence-electron chi connectivity index (χ0n) is 20.0. The van der Waals surface area contributed by atoms with Gasteiger partial charge in [-0.2, -0.15) is 0 Å². The van der Waals surface area contributed by atoms with Crippen LogP contribution >= 0.6 is 0 Å². The molecule has 7 heteroatoms. The van der Waals surface area contributed by atoms with Gasteiger partial charge in [-0.1, -0.05) is 61.9 Å². The van der Waals surface area contributed by atoms with Crippen LogP contribution in [0.1, 0.15) is 56.1 Å². The van der Waals surface area contributed by atoms with Crippen molar-refractivity contribution in [2.24, 2.45) is 17.3 Å². The Bertz CT molecular complexity index is 1100. The third-order valence-corrected chi connectivity index (χ3v) is 8.03. The molecule has 2 aromatic carbocycles. The van der Waals surface area contributed by atoms with E-state index in [0.29, 0.717) is 12.8 Å². The van der Waals surface area contributed by atoms with Crippen molar-refractivity contribution in [2.75, 3.05) is 13.2 Å². The van der Waals surface area contributed by atoms with Crippen molar-refractivity contribution in [3.8, 4) is 11.1 Å². The molecule has 2 amide bonds. The van der Waals surface area contributed by atoms with Crippen LogP contribution in [0.25, 0.3) is 11.1 Å². The first kappa shape index (κ1) is 23.4. The molecule has 0 saturated heterocycles. The molecule has 3 aliphatic carbocycles. The predicted molar refractivity (Wildman–Crippen MR) is 131 cm³/mol. The van der Waals surface area contributed by atoms with E-state index in [9.17, 15) is 19.5 Å². The van der Waals surface area contributed by atoms with Gasteiger partial charge >= 0.3 is 12.1 Å². The van der Waals surface area contributed by atoms with Crippen LogP contribution in [0.2, 0.25) is 0 Å². The van der Waals surface area contributed by atoms with E-state index >= 15 is 0 Å². The molecule has 2 saturated carbocycles. The first-order valence-electron chi connectivity index (χ1n) is 12.6. The smallest absolute Gasteiger partial charge is 0.407 e. The van der Waals surface area contributed by atoms with E-state index in [0.717, 1.165) is 30.4 Å². The number of hydrogen-bond donors (Lipinski definition) is 3. The minimum absolute atomic E-state index is 0.0155. The predicted octanol–water partition coefficient (Wildman–Crippen LogP) is 4.31. The first-order chi connectivity index (χ1) is 16.9. The second-order valence-electron chi connectivity index (χ2n) is 10.2. The molecular formula is C28H32N2O5. The van der Waals surface area contributed by atoms with Crippen LogP contribution in [0.5, 0.6) is 0 Å². The standard InChI is InChI=1S/C28H32N2O5/c1-2-7-17(25(31)30-19-12-18-13-28(18,14-19)26(32)33)15-29-27(34)35-16-24-22-10-5-3-8-20(22)21-9-4-6-11-23(21)24/h3-6,8-11,17-19,24H,2,7,12-16H2,1H3,(H,29,34)(H,30,31)(H,32,33)/t17?,18-,19+,28+/m0/s1. The van der Waals surface area contributed by atoms with Crippen molar-refractivity contribution in [2.45, 2.75) is 51.0 Å². The summed E-state index contributed by atoms with van der Waals surface area (Å²) in [6.07, 6.45) is 2.84. The molecule has 0 spiro atoms. The van der Waals surface area contributed by atoms with Crippen LogP contribution < -0.4 is 10.6 Å². The Labute approximate surface area is 205 Å². The fraction of sp³-hybridized carbons (Fsp3) is 0.464. The van der Waals surface area contributed by atoms with Gasteiger partial charge in [-0.25, -0.2) is 4.79 Å². The number of carboxylic acids is 1. The number of nitrogens with one attached hydrogen (secondary N) is 2. The highest BCUT2D eigenvalue weighted by Crippen LogP contribution is 2.63. The van der Waals surface area contributed by atoms with Crippen molar-refractivity contribution in [1.29, 1.82) is 0 Å². The Morgan fingerprint density at radius 2 is 1.71 bits per heavy atom. The van der Waals surface area contributed by atoms with E-state index in [1.54, 1.807) is 0 Å². The third kappa shape index (κ3) is 4.40. The quantitative estimate of drug-likeness (QED) is 0.500. The zero-order chi connectivity index (χ0) is 24.6. The highest BCUT2D eigenvalue weighted by molar-refractivity contribution is 5.82. The van der Waals surface area contributed by atoms with Crippen molar-refractivity contribution in [1.82, 2.24) is 10.6 Å². The molecule has 0 radical (unpaired) electrons. The summed E-state index contributed by atoms with van der Waals surface area (Å²) in [5, 5.41) is 15.3. The molecule has 1 unspecified atom stereocenters. The van der Waals surface area contributed by atoms with Gasteiger partial charge < -0.3 is 20.5 Å². The van der Waals surface area contributed by atoms with Gasteiger partial charge in [0.05, 0.1) is 11.3 Å². The van der Waals surface area contributed by atoms with E-state index in [-0.39, 0.29) is 42.9 Å². The number of alkyl carbamates (subject to hydrolysis) is 1. The maximum Gasteiger partial charge on any atom is 0.407 e. The summed E-state index contributed by atoms with van der Waals surface area (Å²) in [5.74, 6) is -1.09. The SMILES string of the molecule is CCCC(CNC(=O)OCC1c2ccccc2-c2ccccc21)C(=O)N[C@@H]1C[C@H]2C[C@@]2(C(=O)O)C1. The average Bonchev–Trinajstić information content (AvgIpc) is 3.29. The molecule has 184 valence electrons. The Morgan fingerprint density at radius 3 is 2.31 bits per heavy atom. The minimum Gasteiger partial charge on any atom is -0.481 e. The Hall–Kier alpha value is -3.35. The summed E-state index contributed by atoms with van der Waals surface area (Å²) in [5.41, 5.74) is 4.02. The summed E-state index contributed by atoms with van der Waals surface area (Å²) >= 11 is 0. The number of fused-ring (bicyclic) bond motifs is 4. The Balaban J connectivity index is 1.14. The van der Waals surface area contributed by atoms with Gasteiger partial charge in [-0.05, 0) is 53.9 Å². The molecule has 0 aromatic heterocycles. The summed E-state index contributed by atoms with van der Waals surface area (Å²) < 4.78 is 5.59. The number of carboxylic acid groups (broad SMARTS) is 1. The second-order valence-corrected chi connectivity index (χ2v) is 10.2. The summed E-state index contributed by atoms with van der Waals surface area (Å²) in [6.45, 7) is 2.42. The number of ether oxygens (including phenoxy) is 1. The van der Waals surface area contributed by atoms with Gasteiger partial charge in [0.1, 0.15) is 6.61 Å². The Kier molecular flexibility index (Phi) is 6.26. The molecule has 4 atom stereocenters. The molecule has 2 fully saturated rings. The summed E-state index contributed by atoms with van der Waals surface area (Å²) in [4.78, 5) is 37.0. The van der Waals surface area contributed by atoms with E-state index in [2.05, 4.69) is 34.9 Å². The largest absolute Gasteiger partial charge is 0.481 e. The van der Waals surface area contributed by atoms with Gasteiger partial charge in [-0.3, -0.25) is 9.59 Å². The molecule has 0 bridgehead atoms. The zero-order valence-corrected chi connectivity index (χ0v) is 20.0. The average molecular weight is 477 g/mol. The maximum absolute atomic E-state index is 12.9. The molecule has 2 aromatic rings. The molecule has 5 rings (SSSR count). The van der Waals surface area contributed by atoms with Crippen LogP contribution in [0.4, 0.5) is 4.79 Å². The number of benzene rings is 2. The van der Waals surface area contributed by atoms with E-state index in [1.807, 2.05) is 31.2 Å². The number of carbonyl (C=O) groups excluding carboxylic acids is 2. The van der Waals surface area contributed by atoms with Crippen LogP contribution in [0, 0.1) is 17.3 Å². The van der Waals surface area contributed by atoms with Crippen molar-refractivity contribution < 1.29 is 24.2 Å². The van der Waals surface area contributed by atoms with Crippen molar-refractivity contribution >= 4 is 18.0 Å². The van der Waals surface area contributed by atoms with Crippen LogP contribution in [0.3, 0.4) is 0 Å². The molecule has 0 aliphatic heterocycles. The van der Waals surface area contributed by atoms with Gasteiger partial charge in [0.25, 0.3) is 0 Å². The fourth-order valence-electron chi connectivity index (χ4n) is 6.11. The van der Waals surface area contributed by atoms with Crippen LogP contribution in [0.15, 0.2) is 48.5 Å². The molecule has 3 aliphatic rings. The number of amides is 2. The van der Waals surface area contributed by atoms with Gasteiger partial charge in [0.15, 0.2) is 0 Å². The van der Waals surface area contributed by atoms with Crippen LogP contribution in [-0.2, 0) is 14.3 Å². The van der Waals surface area contributed by atoms with E-state index in [4.69, 9.17) is 4.74 Å². The molecule has 0 heterocycles. The Morgan fingerprint density at radius 1 is 1.06 bits per heavy atom. The lowest BCUT2D eigenvalue weighted by molar-refractivity contribution is -0.144. The van der Waals surface area contributed by atoms with E-state index in [1.165, 1.54) is 11.1 Å². The van der Waals surface area contributed by atoms with Crippen LogP contribution in [-0.4, -0.2) is 42.3 Å². The topological polar surface area (TPSA) is 105 Å². The van der Waals surface area contributed by atoms with Gasteiger partial charge in [-0.15, -0.1) is 0 Å². The number of hydrogen-bond acceptors (Lipinski definition) is 4. The number of rotatable bonds is 9. The second kappa shape index (κ2) is 9.36. The first-order valence-corrected chi connectivity index (χ1v) is 12.6. The fourth-order valence-corrected chi connectivity index (χ4v) is 6.11. The highest BCUT2D eigenvalue weighted by atomic mass is 16.5. The van der Waals surface area contributed by atoms with Gasteiger partial charge in [0.2, 0.25) is 5.91 Å².